The number of benzene rings is 2. The number of primary amides is 1. The molecular weight excluding hydrogens is 408 g/mol. The zero-order valence-corrected chi connectivity index (χ0v) is 17.0. The Labute approximate surface area is 179 Å². The van der Waals surface area contributed by atoms with Crippen LogP contribution in [0.4, 0.5) is 5.69 Å². The molecule has 0 radical (unpaired) electrons. The molecule has 0 spiro atoms. The highest BCUT2D eigenvalue weighted by atomic mass is 35.5. The van der Waals surface area contributed by atoms with Gasteiger partial charge in [0, 0.05) is 36.5 Å². The van der Waals surface area contributed by atoms with Crippen LogP contribution in [0.15, 0.2) is 48.5 Å². The van der Waals surface area contributed by atoms with Gasteiger partial charge >= 0.3 is 0 Å². The van der Waals surface area contributed by atoms with Crippen molar-refractivity contribution in [3.8, 4) is 0 Å². The molecule has 158 valence electrons. The summed E-state index contributed by atoms with van der Waals surface area (Å²) in [6.45, 7) is 0.438. The first-order chi connectivity index (χ1) is 14.4. The maximum absolute atomic E-state index is 12.2. The van der Waals surface area contributed by atoms with Gasteiger partial charge in [-0.1, -0.05) is 23.7 Å². The van der Waals surface area contributed by atoms with Gasteiger partial charge in [0.05, 0.1) is 11.3 Å². The number of nitrogens with two attached hydrogens (primary N) is 1. The van der Waals surface area contributed by atoms with Crippen molar-refractivity contribution in [1.29, 1.82) is 0 Å². The number of carbonyl (C=O) groups excluding carboxylic acids is 4. The second-order valence-electron chi connectivity index (χ2n) is 6.43. The maximum Gasteiger partial charge on any atom is 0.253 e. The zero-order valence-electron chi connectivity index (χ0n) is 16.2. The molecule has 0 bridgehead atoms. The van der Waals surface area contributed by atoms with E-state index in [2.05, 4.69) is 16.0 Å². The normalized spacial score (nSPS) is 10.2. The molecule has 5 N–H and O–H groups in total. The summed E-state index contributed by atoms with van der Waals surface area (Å²) in [5.74, 6) is -1.46. The Balaban J connectivity index is 1.79. The zero-order chi connectivity index (χ0) is 21.9. The van der Waals surface area contributed by atoms with E-state index in [0.29, 0.717) is 29.2 Å². The number of hydrogen-bond acceptors (Lipinski definition) is 4. The number of para-hydroxylation sites is 1. The van der Waals surface area contributed by atoms with Crippen molar-refractivity contribution in [2.24, 2.45) is 5.73 Å². The van der Waals surface area contributed by atoms with Gasteiger partial charge in [-0.25, -0.2) is 0 Å². The predicted molar refractivity (Wildman–Crippen MR) is 114 cm³/mol. The third kappa shape index (κ3) is 7.56. The van der Waals surface area contributed by atoms with E-state index >= 15 is 0 Å². The molecule has 2 rings (SSSR count). The second-order valence-corrected chi connectivity index (χ2v) is 6.87. The first-order valence-corrected chi connectivity index (χ1v) is 9.74. The topological polar surface area (TPSA) is 130 Å². The van der Waals surface area contributed by atoms with Crippen LogP contribution in [0.3, 0.4) is 0 Å². The van der Waals surface area contributed by atoms with Crippen molar-refractivity contribution < 1.29 is 19.2 Å². The summed E-state index contributed by atoms with van der Waals surface area (Å²) < 4.78 is 0. The van der Waals surface area contributed by atoms with Gasteiger partial charge in [-0.3, -0.25) is 19.2 Å². The predicted octanol–water partition coefficient (Wildman–Crippen LogP) is 2.09. The summed E-state index contributed by atoms with van der Waals surface area (Å²) in [4.78, 5) is 47.2. The Kier molecular flexibility index (Phi) is 8.83. The van der Waals surface area contributed by atoms with E-state index in [1.54, 1.807) is 48.5 Å². The highest BCUT2D eigenvalue weighted by Crippen LogP contribution is 2.15. The lowest BCUT2D eigenvalue weighted by atomic mass is 10.1. The quantitative estimate of drug-likeness (QED) is 0.430. The van der Waals surface area contributed by atoms with Gasteiger partial charge in [0.2, 0.25) is 11.8 Å². The Morgan fingerprint density at radius 2 is 1.50 bits per heavy atom. The molecule has 0 heterocycles. The smallest absolute Gasteiger partial charge is 0.253 e. The van der Waals surface area contributed by atoms with E-state index < -0.39 is 11.8 Å². The first-order valence-electron chi connectivity index (χ1n) is 9.36. The van der Waals surface area contributed by atoms with E-state index in [-0.39, 0.29) is 36.8 Å². The third-order valence-corrected chi connectivity index (χ3v) is 4.33. The molecule has 0 saturated carbocycles. The van der Waals surface area contributed by atoms with Gasteiger partial charge in [0.1, 0.15) is 0 Å². The molecular formula is C21H23ClN4O4. The molecule has 0 atom stereocenters. The van der Waals surface area contributed by atoms with Gasteiger partial charge in [-0.15, -0.1) is 0 Å². The van der Waals surface area contributed by atoms with Crippen molar-refractivity contribution in [1.82, 2.24) is 10.6 Å². The van der Waals surface area contributed by atoms with Crippen LogP contribution in [0.25, 0.3) is 0 Å². The highest BCUT2D eigenvalue weighted by Gasteiger charge is 2.13. The molecule has 2 aromatic rings. The summed E-state index contributed by atoms with van der Waals surface area (Å²) in [6.07, 6.45) is 0.624. The minimum absolute atomic E-state index is 0.0298. The average molecular weight is 431 g/mol. The summed E-state index contributed by atoms with van der Waals surface area (Å²) in [7, 11) is 0. The van der Waals surface area contributed by atoms with Crippen molar-refractivity contribution in [3.63, 3.8) is 0 Å². The maximum atomic E-state index is 12.2. The van der Waals surface area contributed by atoms with Crippen molar-refractivity contribution in [3.05, 3.63) is 64.7 Å². The lowest BCUT2D eigenvalue weighted by molar-refractivity contribution is -0.118. The number of rotatable bonds is 10. The highest BCUT2D eigenvalue weighted by molar-refractivity contribution is 6.30. The summed E-state index contributed by atoms with van der Waals surface area (Å²) >= 11 is 5.79. The molecule has 0 aromatic heterocycles. The van der Waals surface area contributed by atoms with Crippen LogP contribution in [-0.4, -0.2) is 36.7 Å². The van der Waals surface area contributed by atoms with Gasteiger partial charge in [0.15, 0.2) is 0 Å². The molecule has 0 aliphatic heterocycles. The third-order valence-electron chi connectivity index (χ3n) is 4.08. The number of hydrogen-bond donors (Lipinski definition) is 4. The van der Waals surface area contributed by atoms with Crippen LogP contribution < -0.4 is 21.7 Å². The standard InChI is InChI=1S/C21H23ClN4O4/c22-15-9-7-14(8-10-15)20(29)24-12-3-6-19(28)26-17-5-2-1-4-16(17)21(30)25-13-11-18(23)27/h1-2,4-5,7-10H,3,6,11-13H2,(H2,23,27)(H,24,29)(H,25,30)(H,26,28). The lowest BCUT2D eigenvalue weighted by Crippen LogP contribution is -2.29. The van der Waals surface area contributed by atoms with Crippen molar-refractivity contribution >= 4 is 40.9 Å². The molecule has 0 aliphatic carbocycles. The van der Waals surface area contributed by atoms with Gasteiger partial charge in [-0.05, 0) is 42.8 Å². The van der Waals surface area contributed by atoms with Gasteiger partial charge in [-0.2, -0.15) is 0 Å². The minimum Gasteiger partial charge on any atom is -0.370 e. The molecule has 0 unspecified atom stereocenters. The molecule has 0 aliphatic rings. The summed E-state index contributed by atoms with van der Waals surface area (Å²) in [6, 6.07) is 13.1. The Hall–Kier alpha value is -3.39. The van der Waals surface area contributed by atoms with Crippen LogP contribution in [-0.2, 0) is 9.59 Å². The van der Waals surface area contributed by atoms with Crippen LogP contribution in [0, 0.1) is 0 Å². The fraction of sp³-hybridized carbons (Fsp3) is 0.238. The van der Waals surface area contributed by atoms with Crippen LogP contribution in [0.2, 0.25) is 5.02 Å². The molecule has 9 heteroatoms. The van der Waals surface area contributed by atoms with E-state index in [1.807, 2.05) is 0 Å². The fourth-order valence-corrected chi connectivity index (χ4v) is 2.68. The fourth-order valence-electron chi connectivity index (χ4n) is 2.55. The minimum atomic E-state index is -0.514. The van der Waals surface area contributed by atoms with Crippen LogP contribution >= 0.6 is 11.6 Å². The first kappa shape index (κ1) is 22.9. The van der Waals surface area contributed by atoms with E-state index in [9.17, 15) is 19.2 Å². The number of nitrogens with one attached hydrogen (secondary N) is 3. The summed E-state index contributed by atoms with van der Waals surface area (Å²) in [5.41, 5.74) is 6.18. The monoisotopic (exact) mass is 430 g/mol. The second kappa shape index (κ2) is 11.6. The molecule has 4 amide bonds. The van der Waals surface area contributed by atoms with E-state index in [0.717, 1.165) is 0 Å². The van der Waals surface area contributed by atoms with Crippen molar-refractivity contribution in [2.45, 2.75) is 19.3 Å². The summed E-state index contributed by atoms with van der Waals surface area (Å²) in [5, 5.41) is 8.56. The SMILES string of the molecule is NC(=O)CCNC(=O)c1ccccc1NC(=O)CCCNC(=O)c1ccc(Cl)cc1. The molecule has 8 nitrogen and oxygen atoms in total. The number of amides is 4. The number of carbonyl (C=O) groups is 4. The Morgan fingerprint density at radius 3 is 2.20 bits per heavy atom. The largest absolute Gasteiger partial charge is 0.370 e. The molecule has 2 aromatic carbocycles. The van der Waals surface area contributed by atoms with E-state index in [1.165, 1.54) is 0 Å². The number of anilines is 1. The lowest BCUT2D eigenvalue weighted by Gasteiger charge is -2.11. The average Bonchev–Trinajstić information content (AvgIpc) is 2.71. The van der Waals surface area contributed by atoms with Crippen LogP contribution in [0.1, 0.15) is 40.0 Å². The number of halogens is 1. The molecule has 30 heavy (non-hydrogen) atoms. The van der Waals surface area contributed by atoms with Crippen molar-refractivity contribution in [2.75, 3.05) is 18.4 Å². The Bertz CT molecular complexity index is 915. The van der Waals surface area contributed by atoms with Gasteiger partial charge in [0.25, 0.3) is 11.8 Å². The van der Waals surface area contributed by atoms with Gasteiger partial charge < -0.3 is 21.7 Å². The molecule has 0 fully saturated rings. The van der Waals surface area contributed by atoms with Crippen LogP contribution in [0.5, 0.6) is 0 Å². The van der Waals surface area contributed by atoms with E-state index in [4.69, 9.17) is 17.3 Å². The Morgan fingerprint density at radius 1 is 0.833 bits per heavy atom. The molecule has 0 saturated heterocycles.